The number of carbonyl (C=O) groups excluding carboxylic acids is 2. The highest BCUT2D eigenvalue weighted by molar-refractivity contribution is 8.00. The minimum atomic E-state index is -0.568. The first-order chi connectivity index (χ1) is 13.5. The first kappa shape index (κ1) is 19.6. The summed E-state index contributed by atoms with van der Waals surface area (Å²) in [7, 11) is 0. The number of aromatic nitrogens is 1. The highest BCUT2D eigenvalue weighted by Crippen LogP contribution is 2.26. The Morgan fingerprint density at radius 3 is 2.25 bits per heavy atom. The molecule has 0 saturated carbocycles. The Hall–Kier alpha value is -3.19. The molecule has 0 fully saturated rings. The monoisotopic (exact) mass is 395 g/mol. The molecule has 0 saturated heterocycles. The standard InChI is InChI=1S/C21H18FN3O2S/c1-14(20(26)24-16-10-12-23-13-11-16)28-17-8-6-15(7-9-17)25-21(27)18-4-2-3-5-19(18)22/h2-14H,1H3,(H,25,27)(H,23,24,26). The smallest absolute Gasteiger partial charge is 0.258 e. The zero-order chi connectivity index (χ0) is 19.9. The quantitative estimate of drug-likeness (QED) is 0.599. The van der Waals surface area contributed by atoms with Gasteiger partial charge in [0.2, 0.25) is 5.91 Å². The number of hydrogen-bond donors (Lipinski definition) is 2. The Morgan fingerprint density at radius 2 is 1.57 bits per heavy atom. The molecule has 0 aliphatic rings. The Kier molecular flexibility index (Phi) is 6.39. The van der Waals surface area contributed by atoms with Crippen molar-refractivity contribution in [3.8, 4) is 0 Å². The van der Waals surface area contributed by atoms with E-state index in [1.807, 2.05) is 6.92 Å². The van der Waals surface area contributed by atoms with Crippen LogP contribution in [0, 0.1) is 5.82 Å². The van der Waals surface area contributed by atoms with Crippen LogP contribution >= 0.6 is 11.8 Å². The molecular weight excluding hydrogens is 377 g/mol. The van der Waals surface area contributed by atoms with E-state index in [2.05, 4.69) is 15.6 Å². The van der Waals surface area contributed by atoms with E-state index in [1.165, 1.54) is 30.0 Å². The predicted molar refractivity (Wildman–Crippen MR) is 109 cm³/mol. The van der Waals surface area contributed by atoms with Crippen LogP contribution in [0.15, 0.2) is 78.0 Å². The number of carbonyl (C=O) groups is 2. The van der Waals surface area contributed by atoms with Gasteiger partial charge in [-0.3, -0.25) is 14.6 Å². The van der Waals surface area contributed by atoms with Gasteiger partial charge < -0.3 is 10.6 Å². The molecule has 1 unspecified atom stereocenters. The Labute approximate surface area is 166 Å². The van der Waals surface area contributed by atoms with Crippen LogP contribution in [0.25, 0.3) is 0 Å². The molecule has 2 amide bonds. The highest BCUT2D eigenvalue weighted by atomic mass is 32.2. The Balaban J connectivity index is 1.57. The predicted octanol–water partition coefficient (Wildman–Crippen LogP) is 4.59. The second-order valence-corrected chi connectivity index (χ2v) is 7.36. The third-order valence-electron chi connectivity index (χ3n) is 3.86. The van der Waals surface area contributed by atoms with Crippen molar-refractivity contribution >= 4 is 35.0 Å². The maximum absolute atomic E-state index is 13.7. The number of hydrogen-bond acceptors (Lipinski definition) is 4. The SMILES string of the molecule is CC(Sc1ccc(NC(=O)c2ccccc2F)cc1)C(=O)Nc1ccncc1. The first-order valence-corrected chi connectivity index (χ1v) is 9.44. The Morgan fingerprint density at radius 1 is 0.929 bits per heavy atom. The van der Waals surface area contributed by atoms with Crippen molar-refractivity contribution in [3.05, 3.63) is 84.4 Å². The summed E-state index contributed by atoms with van der Waals surface area (Å²) >= 11 is 1.40. The third kappa shape index (κ3) is 5.17. The van der Waals surface area contributed by atoms with E-state index >= 15 is 0 Å². The van der Waals surface area contributed by atoms with Gasteiger partial charge in [-0.25, -0.2) is 4.39 Å². The number of nitrogens with one attached hydrogen (secondary N) is 2. The van der Waals surface area contributed by atoms with Crippen molar-refractivity contribution in [2.75, 3.05) is 10.6 Å². The van der Waals surface area contributed by atoms with Gasteiger partial charge in [-0.05, 0) is 55.5 Å². The summed E-state index contributed by atoms with van der Waals surface area (Å²) in [5.41, 5.74) is 1.23. The Bertz CT molecular complexity index is 965. The summed E-state index contributed by atoms with van der Waals surface area (Å²) in [5, 5.41) is 5.18. The maximum Gasteiger partial charge on any atom is 0.258 e. The lowest BCUT2D eigenvalue weighted by Gasteiger charge is -2.12. The van der Waals surface area contributed by atoms with E-state index in [4.69, 9.17) is 0 Å². The number of rotatable bonds is 6. The van der Waals surface area contributed by atoms with Crippen LogP contribution in [0.3, 0.4) is 0 Å². The zero-order valence-corrected chi connectivity index (χ0v) is 15.9. The average molecular weight is 395 g/mol. The molecule has 0 aliphatic carbocycles. The molecule has 0 aliphatic heterocycles. The molecule has 28 heavy (non-hydrogen) atoms. The lowest BCUT2D eigenvalue weighted by atomic mass is 10.2. The fourth-order valence-electron chi connectivity index (χ4n) is 2.40. The molecule has 0 radical (unpaired) electrons. The van der Waals surface area contributed by atoms with Gasteiger partial charge in [0.15, 0.2) is 0 Å². The summed E-state index contributed by atoms with van der Waals surface area (Å²) < 4.78 is 13.7. The van der Waals surface area contributed by atoms with Crippen molar-refractivity contribution in [1.82, 2.24) is 4.98 Å². The lowest BCUT2D eigenvalue weighted by molar-refractivity contribution is -0.115. The number of benzene rings is 2. The van der Waals surface area contributed by atoms with Gasteiger partial charge in [0, 0.05) is 28.7 Å². The van der Waals surface area contributed by atoms with Crippen molar-refractivity contribution in [2.45, 2.75) is 17.1 Å². The summed E-state index contributed by atoms with van der Waals surface area (Å²) in [4.78, 5) is 29.2. The van der Waals surface area contributed by atoms with Gasteiger partial charge in [0.25, 0.3) is 5.91 Å². The molecule has 142 valence electrons. The number of halogens is 1. The molecule has 3 rings (SSSR count). The number of anilines is 2. The summed E-state index contributed by atoms with van der Waals surface area (Å²) in [6.45, 7) is 1.81. The molecule has 1 aromatic heterocycles. The van der Waals surface area contributed by atoms with E-state index in [0.717, 1.165) is 4.90 Å². The number of amides is 2. The largest absolute Gasteiger partial charge is 0.325 e. The topological polar surface area (TPSA) is 71.1 Å². The first-order valence-electron chi connectivity index (χ1n) is 8.56. The fraction of sp³-hybridized carbons (Fsp3) is 0.0952. The molecule has 0 spiro atoms. The highest BCUT2D eigenvalue weighted by Gasteiger charge is 2.15. The van der Waals surface area contributed by atoms with Gasteiger partial charge in [-0.15, -0.1) is 11.8 Å². The molecule has 5 nitrogen and oxygen atoms in total. The van der Waals surface area contributed by atoms with E-state index in [1.54, 1.807) is 54.9 Å². The minimum absolute atomic E-state index is 0.0117. The molecule has 1 heterocycles. The van der Waals surface area contributed by atoms with Crippen LogP contribution < -0.4 is 10.6 Å². The second kappa shape index (κ2) is 9.14. The summed E-state index contributed by atoms with van der Waals surface area (Å²) in [5.74, 6) is -1.20. The van der Waals surface area contributed by atoms with Crippen LogP contribution in [0.1, 0.15) is 17.3 Å². The lowest BCUT2D eigenvalue weighted by Crippen LogP contribution is -2.22. The molecule has 0 bridgehead atoms. The number of thioether (sulfide) groups is 1. The second-order valence-electron chi connectivity index (χ2n) is 5.94. The molecule has 2 N–H and O–H groups in total. The van der Waals surface area contributed by atoms with Crippen molar-refractivity contribution in [1.29, 1.82) is 0 Å². The van der Waals surface area contributed by atoms with Gasteiger partial charge in [0.1, 0.15) is 5.82 Å². The van der Waals surface area contributed by atoms with Crippen molar-refractivity contribution in [2.24, 2.45) is 0 Å². The summed E-state index contributed by atoms with van der Waals surface area (Å²) in [6, 6.07) is 16.3. The molecule has 7 heteroatoms. The zero-order valence-electron chi connectivity index (χ0n) is 15.1. The van der Waals surface area contributed by atoms with Crippen LogP contribution in [0.2, 0.25) is 0 Å². The van der Waals surface area contributed by atoms with Crippen LogP contribution in [0.5, 0.6) is 0 Å². The fourth-order valence-corrected chi connectivity index (χ4v) is 3.26. The van der Waals surface area contributed by atoms with E-state index in [0.29, 0.717) is 11.4 Å². The molecule has 1 atom stereocenters. The normalized spacial score (nSPS) is 11.5. The van der Waals surface area contributed by atoms with Crippen molar-refractivity contribution < 1.29 is 14.0 Å². The van der Waals surface area contributed by atoms with Crippen LogP contribution in [-0.4, -0.2) is 22.0 Å². The summed E-state index contributed by atoms with van der Waals surface area (Å²) in [6.07, 6.45) is 3.23. The van der Waals surface area contributed by atoms with Gasteiger partial charge in [0.05, 0.1) is 10.8 Å². The van der Waals surface area contributed by atoms with E-state index in [9.17, 15) is 14.0 Å². The van der Waals surface area contributed by atoms with Gasteiger partial charge in [-0.2, -0.15) is 0 Å². The minimum Gasteiger partial charge on any atom is -0.325 e. The average Bonchev–Trinajstić information content (AvgIpc) is 2.70. The number of pyridine rings is 1. The van der Waals surface area contributed by atoms with Gasteiger partial charge in [-0.1, -0.05) is 12.1 Å². The van der Waals surface area contributed by atoms with Crippen LogP contribution in [-0.2, 0) is 4.79 Å². The molecular formula is C21H18FN3O2S. The molecule has 3 aromatic rings. The van der Waals surface area contributed by atoms with Crippen molar-refractivity contribution in [3.63, 3.8) is 0 Å². The molecule has 2 aromatic carbocycles. The van der Waals surface area contributed by atoms with Gasteiger partial charge >= 0.3 is 0 Å². The van der Waals surface area contributed by atoms with Crippen LogP contribution in [0.4, 0.5) is 15.8 Å². The third-order valence-corrected chi connectivity index (χ3v) is 4.97. The van der Waals surface area contributed by atoms with E-state index in [-0.39, 0.29) is 16.7 Å². The maximum atomic E-state index is 13.7. The van der Waals surface area contributed by atoms with E-state index < -0.39 is 11.7 Å². The number of nitrogens with zero attached hydrogens (tertiary/aromatic N) is 1.